The molecule has 3 N–H and O–H groups in total. The number of nitrogens with zero attached hydrogens (tertiary/aromatic N) is 1. The van der Waals surface area contributed by atoms with Crippen molar-refractivity contribution in [3.63, 3.8) is 0 Å². The zero-order valence-electron chi connectivity index (χ0n) is 14.3. The van der Waals surface area contributed by atoms with Gasteiger partial charge in [0, 0.05) is 6.54 Å². The van der Waals surface area contributed by atoms with Crippen molar-refractivity contribution in [1.82, 2.24) is 5.32 Å². The van der Waals surface area contributed by atoms with Crippen LogP contribution in [0.1, 0.15) is 37.6 Å². The highest BCUT2D eigenvalue weighted by Gasteiger charge is 2.38. The molecule has 0 spiro atoms. The number of nitrogens with two attached hydrogens (primary N) is 1. The minimum Gasteiger partial charge on any atom is -0.465 e. The van der Waals surface area contributed by atoms with Crippen molar-refractivity contribution in [2.24, 2.45) is 11.1 Å². The maximum absolute atomic E-state index is 12.6. The molecule has 1 aliphatic heterocycles. The summed E-state index contributed by atoms with van der Waals surface area (Å²) in [5.74, 6) is -1.07. The second-order valence-electron chi connectivity index (χ2n) is 6.81. The fraction of sp³-hybridized carbons (Fsp3) is 0.562. The average molecular weight is 353 g/mol. The van der Waals surface area contributed by atoms with E-state index in [1.54, 1.807) is 11.4 Å². The van der Waals surface area contributed by atoms with Crippen LogP contribution in [0.25, 0.3) is 0 Å². The highest BCUT2D eigenvalue weighted by molar-refractivity contribution is 7.14. The molecule has 0 aliphatic carbocycles. The molecule has 1 fully saturated rings. The summed E-state index contributed by atoms with van der Waals surface area (Å²) in [6, 6.07) is 0.297. The van der Waals surface area contributed by atoms with E-state index in [0.717, 1.165) is 0 Å². The Bertz CT molecular complexity index is 650. The molecule has 2 amide bonds. The maximum Gasteiger partial charge on any atom is 0.340 e. The van der Waals surface area contributed by atoms with Crippen molar-refractivity contribution in [2.45, 2.75) is 39.3 Å². The van der Waals surface area contributed by atoms with Gasteiger partial charge in [0.2, 0.25) is 11.8 Å². The number of rotatable bonds is 4. The van der Waals surface area contributed by atoms with Crippen LogP contribution in [0.3, 0.4) is 0 Å². The molecule has 0 bridgehead atoms. The fourth-order valence-electron chi connectivity index (χ4n) is 2.45. The Morgan fingerprint density at radius 3 is 2.71 bits per heavy atom. The van der Waals surface area contributed by atoms with Gasteiger partial charge in [-0.3, -0.25) is 9.59 Å². The Labute approximate surface area is 145 Å². The van der Waals surface area contributed by atoms with Gasteiger partial charge < -0.3 is 20.7 Å². The smallest absolute Gasteiger partial charge is 0.340 e. The van der Waals surface area contributed by atoms with Gasteiger partial charge in [-0.15, -0.1) is 11.3 Å². The number of methoxy groups -OCH3 is 1. The number of esters is 1. The Kier molecular flexibility index (Phi) is 5.29. The van der Waals surface area contributed by atoms with Crippen LogP contribution < -0.4 is 16.0 Å². The summed E-state index contributed by atoms with van der Waals surface area (Å²) >= 11 is 1.29. The van der Waals surface area contributed by atoms with Crippen LogP contribution in [0.5, 0.6) is 0 Å². The quantitative estimate of drug-likeness (QED) is 0.790. The number of ether oxygens (including phenoxy) is 1. The first-order valence-corrected chi connectivity index (χ1v) is 8.58. The molecular weight excluding hydrogens is 330 g/mol. The Hall–Kier alpha value is -1.93. The summed E-state index contributed by atoms with van der Waals surface area (Å²) in [6.45, 7) is 6.04. The normalized spacial score (nSPS) is 19.3. The van der Waals surface area contributed by atoms with Gasteiger partial charge in [-0.05, 0) is 23.3 Å². The van der Waals surface area contributed by atoms with Crippen LogP contribution in [-0.4, -0.2) is 43.5 Å². The third kappa shape index (κ3) is 3.59. The highest BCUT2D eigenvalue weighted by atomic mass is 32.1. The van der Waals surface area contributed by atoms with E-state index in [1.807, 2.05) is 20.8 Å². The van der Waals surface area contributed by atoms with Crippen LogP contribution in [0.2, 0.25) is 0 Å². The van der Waals surface area contributed by atoms with E-state index >= 15 is 0 Å². The SMILES string of the molecule is COC(=O)c1ccsc1N1CCC(NC(=O)[C@@H](N)C(C)(C)C)C1=O. The summed E-state index contributed by atoms with van der Waals surface area (Å²) < 4.78 is 4.73. The number of carbonyl (C=O) groups excluding carboxylic acids is 3. The molecule has 0 radical (unpaired) electrons. The van der Waals surface area contributed by atoms with Gasteiger partial charge in [0.25, 0.3) is 0 Å². The third-order valence-corrected chi connectivity index (χ3v) is 4.97. The molecule has 1 unspecified atom stereocenters. The molecule has 2 heterocycles. The first kappa shape index (κ1) is 18.4. The van der Waals surface area contributed by atoms with Gasteiger partial charge in [0.15, 0.2) is 0 Å². The monoisotopic (exact) mass is 353 g/mol. The standard InChI is InChI=1S/C16H23N3O4S/c1-16(2,3)11(17)12(20)18-10-5-7-19(13(10)21)14-9(6-8-24-14)15(22)23-4/h6,8,10-11H,5,7,17H2,1-4H3,(H,18,20)/t10?,11-/m1/s1. The van der Waals surface area contributed by atoms with E-state index in [2.05, 4.69) is 5.32 Å². The predicted octanol–water partition coefficient (Wildman–Crippen LogP) is 1.13. The molecular formula is C16H23N3O4S. The maximum atomic E-state index is 12.6. The van der Waals surface area contributed by atoms with E-state index in [9.17, 15) is 14.4 Å². The minimum absolute atomic E-state index is 0.239. The van der Waals surface area contributed by atoms with Crippen molar-refractivity contribution in [1.29, 1.82) is 0 Å². The van der Waals surface area contributed by atoms with Crippen molar-refractivity contribution in [3.8, 4) is 0 Å². The molecule has 1 aromatic heterocycles. The Morgan fingerprint density at radius 1 is 1.46 bits per heavy atom. The first-order valence-electron chi connectivity index (χ1n) is 7.70. The first-order chi connectivity index (χ1) is 11.2. The van der Waals surface area contributed by atoms with E-state index < -0.39 is 23.5 Å². The molecule has 24 heavy (non-hydrogen) atoms. The molecule has 132 valence electrons. The Morgan fingerprint density at radius 2 is 2.12 bits per heavy atom. The molecule has 1 saturated heterocycles. The zero-order chi connectivity index (χ0) is 18.1. The molecule has 1 aromatic rings. The number of amides is 2. The van der Waals surface area contributed by atoms with Crippen molar-refractivity contribution >= 4 is 34.1 Å². The third-order valence-electron chi connectivity index (χ3n) is 4.03. The molecule has 8 heteroatoms. The van der Waals surface area contributed by atoms with E-state index in [0.29, 0.717) is 23.5 Å². The van der Waals surface area contributed by atoms with E-state index in [1.165, 1.54) is 23.3 Å². The van der Waals surface area contributed by atoms with E-state index in [-0.39, 0.29) is 11.8 Å². The number of hydrogen-bond donors (Lipinski definition) is 2. The lowest BCUT2D eigenvalue weighted by atomic mass is 9.87. The van der Waals surface area contributed by atoms with E-state index in [4.69, 9.17) is 10.5 Å². The molecule has 0 aromatic carbocycles. The van der Waals surface area contributed by atoms with Crippen LogP contribution >= 0.6 is 11.3 Å². The van der Waals surface area contributed by atoms with Gasteiger partial charge >= 0.3 is 5.97 Å². The topological polar surface area (TPSA) is 102 Å². The average Bonchev–Trinajstić information content (AvgIpc) is 3.12. The number of anilines is 1. The van der Waals surface area contributed by atoms with Gasteiger partial charge in [-0.1, -0.05) is 20.8 Å². The molecule has 0 saturated carbocycles. The van der Waals surface area contributed by atoms with Crippen LogP contribution in [0.15, 0.2) is 11.4 Å². The summed E-state index contributed by atoms with van der Waals surface area (Å²) in [5.41, 5.74) is 5.90. The van der Waals surface area contributed by atoms with Gasteiger partial charge in [-0.25, -0.2) is 4.79 Å². The van der Waals surface area contributed by atoms with Gasteiger partial charge in [0.1, 0.15) is 11.0 Å². The second-order valence-corrected chi connectivity index (χ2v) is 7.71. The summed E-state index contributed by atoms with van der Waals surface area (Å²) in [5, 5.41) is 5.00. The summed E-state index contributed by atoms with van der Waals surface area (Å²) in [4.78, 5) is 38.1. The molecule has 1 aliphatic rings. The van der Waals surface area contributed by atoms with Crippen LogP contribution in [0.4, 0.5) is 5.00 Å². The second kappa shape index (κ2) is 6.90. The number of nitrogens with one attached hydrogen (secondary N) is 1. The largest absolute Gasteiger partial charge is 0.465 e. The van der Waals surface area contributed by atoms with Crippen LogP contribution in [-0.2, 0) is 14.3 Å². The number of hydrogen-bond acceptors (Lipinski definition) is 6. The zero-order valence-corrected chi connectivity index (χ0v) is 15.1. The van der Waals surface area contributed by atoms with Gasteiger partial charge in [0.05, 0.1) is 18.7 Å². The van der Waals surface area contributed by atoms with Crippen molar-refractivity contribution in [3.05, 3.63) is 17.0 Å². The van der Waals surface area contributed by atoms with Crippen molar-refractivity contribution in [2.75, 3.05) is 18.6 Å². The highest BCUT2D eigenvalue weighted by Crippen LogP contribution is 2.32. The Balaban J connectivity index is 2.10. The predicted molar refractivity (Wildman–Crippen MR) is 92.0 cm³/mol. The summed E-state index contributed by atoms with van der Waals surface area (Å²) in [7, 11) is 1.30. The van der Waals surface area contributed by atoms with Gasteiger partial charge in [-0.2, -0.15) is 0 Å². The number of thiophene rings is 1. The summed E-state index contributed by atoms with van der Waals surface area (Å²) in [6.07, 6.45) is 0.472. The fourth-order valence-corrected chi connectivity index (χ4v) is 3.37. The number of carbonyl (C=O) groups is 3. The van der Waals surface area contributed by atoms with Crippen molar-refractivity contribution < 1.29 is 19.1 Å². The lowest BCUT2D eigenvalue weighted by Crippen LogP contribution is -2.53. The lowest BCUT2D eigenvalue weighted by molar-refractivity contribution is -0.128. The minimum atomic E-state index is -0.702. The lowest BCUT2D eigenvalue weighted by Gasteiger charge is -2.27. The van der Waals surface area contributed by atoms with Crippen LogP contribution in [0, 0.1) is 5.41 Å². The molecule has 2 atom stereocenters. The molecule has 2 rings (SSSR count). The molecule has 7 nitrogen and oxygen atoms in total.